The number of rotatable bonds is 7. The van der Waals surface area contributed by atoms with E-state index in [1.54, 1.807) is 28.8 Å². The largest absolute Gasteiger partial charge is 0.320 e. The van der Waals surface area contributed by atoms with Gasteiger partial charge in [-0.2, -0.15) is 0 Å². The highest BCUT2D eigenvalue weighted by Gasteiger charge is 2.17. The number of hydrogen-bond donors (Lipinski definition) is 1. The first-order chi connectivity index (χ1) is 13.9. The van der Waals surface area contributed by atoms with Crippen molar-refractivity contribution in [2.45, 2.75) is 25.0 Å². The van der Waals surface area contributed by atoms with Crippen molar-refractivity contribution in [1.82, 2.24) is 9.55 Å². The van der Waals surface area contributed by atoms with E-state index in [9.17, 15) is 19.7 Å². The van der Waals surface area contributed by atoms with Crippen LogP contribution in [0, 0.1) is 10.1 Å². The zero-order valence-electron chi connectivity index (χ0n) is 15.4. The van der Waals surface area contributed by atoms with Crippen molar-refractivity contribution >= 4 is 55.9 Å². The quantitative estimate of drug-likeness (QED) is 0.237. The molecule has 1 amide bonds. The Labute approximate surface area is 178 Å². The lowest BCUT2D eigenvalue weighted by atomic mass is 10.2. The van der Waals surface area contributed by atoms with Gasteiger partial charge in [-0.05, 0) is 30.7 Å². The number of anilines is 1. The molecule has 2 aromatic carbocycles. The second-order valence-corrected chi connectivity index (χ2v) is 7.98. The van der Waals surface area contributed by atoms with E-state index in [0.717, 1.165) is 22.7 Å². The Morgan fingerprint density at radius 3 is 2.79 bits per heavy atom. The number of carbonyl (C=O) groups is 1. The summed E-state index contributed by atoms with van der Waals surface area (Å²) in [6, 6.07) is 11.2. The molecule has 0 fully saturated rings. The number of halogens is 1. The highest BCUT2D eigenvalue weighted by Crippen LogP contribution is 2.24. The number of carbonyl (C=O) groups excluding carboxylic acids is 1. The van der Waals surface area contributed by atoms with Crippen molar-refractivity contribution in [1.29, 1.82) is 0 Å². The van der Waals surface area contributed by atoms with Gasteiger partial charge in [0.15, 0.2) is 5.16 Å². The van der Waals surface area contributed by atoms with Gasteiger partial charge in [0, 0.05) is 17.1 Å². The summed E-state index contributed by atoms with van der Waals surface area (Å²) < 4.78 is 2.34. The lowest BCUT2D eigenvalue weighted by Crippen LogP contribution is -2.24. The summed E-state index contributed by atoms with van der Waals surface area (Å²) in [6.45, 7) is 2.43. The van der Waals surface area contributed by atoms with Gasteiger partial charge >= 0.3 is 0 Å². The van der Waals surface area contributed by atoms with E-state index in [4.69, 9.17) is 0 Å². The van der Waals surface area contributed by atoms with Gasteiger partial charge in [0.1, 0.15) is 5.69 Å². The molecular weight excluding hydrogens is 460 g/mol. The normalized spacial score (nSPS) is 10.8. The Morgan fingerprint density at radius 2 is 2.07 bits per heavy atom. The van der Waals surface area contributed by atoms with Crippen molar-refractivity contribution in [3.05, 3.63) is 67.4 Å². The fourth-order valence-corrected chi connectivity index (χ4v) is 3.95. The zero-order chi connectivity index (χ0) is 21.0. The predicted molar refractivity (Wildman–Crippen MR) is 116 cm³/mol. The predicted octanol–water partition coefficient (Wildman–Crippen LogP) is 4.21. The topological polar surface area (TPSA) is 107 Å². The average molecular weight is 477 g/mol. The third-order valence-electron chi connectivity index (χ3n) is 4.04. The van der Waals surface area contributed by atoms with Crippen LogP contribution in [-0.2, 0) is 11.3 Å². The van der Waals surface area contributed by atoms with Crippen molar-refractivity contribution in [3.8, 4) is 0 Å². The van der Waals surface area contributed by atoms with E-state index in [0.29, 0.717) is 22.6 Å². The minimum absolute atomic E-state index is 0.0375. The minimum Gasteiger partial charge on any atom is -0.320 e. The first-order valence-corrected chi connectivity index (χ1v) is 10.5. The van der Waals surface area contributed by atoms with E-state index < -0.39 is 10.8 Å². The molecule has 0 atom stereocenters. The molecule has 3 rings (SSSR count). The lowest BCUT2D eigenvalue weighted by molar-refractivity contribution is -0.383. The number of amides is 1. The summed E-state index contributed by atoms with van der Waals surface area (Å²) >= 11 is 4.48. The van der Waals surface area contributed by atoms with Crippen LogP contribution in [0.5, 0.6) is 0 Å². The number of fused-ring (bicyclic) bond motifs is 1. The Morgan fingerprint density at radius 1 is 1.31 bits per heavy atom. The number of nitrogens with zero attached hydrogens (tertiary/aromatic N) is 3. The van der Waals surface area contributed by atoms with Crippen LogP contribution in [-0.4, -0.2) is 26.1 Å². The molecule has 0 radical (unpaired) electrons. The molecule has 3 aromatic rings. The molecule has 0 spiro atoms. The van der Waals surface area contributed by atoms with Crippen LogP contribution in [0.4, 0.5) is 11.4 Å². The molecular formula is C19H17BrN4O4S. The Hall–Kier alpha value is -2.72. The molecule has 8 nitrogen and oxygen atoms in total. The number of nitro benzene ring substituents is 1. The van der Waals surface area contributed by atoms with E-state index >= 15 is 0 Å². The number of thioether (sulfide) groups is 1. The second-order valence-electron chi connectivity index (χ2n) is 6.12. The van der Waals surface area contributed by atoms with Gasteiger partial charge in [0.05, 0.1) is 21.6 Å². The number of nitrogens with one attached hydrogen (secondary N) is 1. The maximum Gasteiger partial charge on any atom is 0.292 e. The Kier molecular flexibility index (Phi) is 6.65. The van der Waals surface area contributed by atoms with Crippen LogP contribution >= 0.6 is 27.7 Å². The summed E-state index contributed by atoms with van der Waals surface area (Å²) in [4.78, 5) is 40.3. The SMILES string of the molecule is CCCn1c(SCC(=O)Nc2ccccc2[N+](=O)[O-])nc2ccc(Br)cc2c1=O. The lowest BCUT2D eigenvalue weighted by Gasteiger charge is -2.12. The van der Waals surface area contributed by atoms with Gasteiger partial charge in [-0.1, -0.05) is 46.7 Å². The summed E-state index contributed by atoms with van der Waals surface area (Å²) in [5.41, 5.74) is 0.334. The monoisotopic (exact) mass is 476 g/mol. The molecule has 150 valence electrons. The van der Waals surface area contributed by atoms with Gasteiger partial charge in [-0.15, -0.1) is 0 Å². The summed E-state index contributed by atoms with van der Waals surface area (Å²) in [5, 5.41) is 14.6. The Bertz CT molecular complexity index is 1150. The second kappa shape index (κ2) is 9.19. The molecule has 0 aliphatic carbocycles. The van der Waals surface area contributed by atoms with Crippen LogP contribution < -0.4 is 10.9 Å². The molecule has 0 aliphatic heterocycles. The standard InChI is InChI=1S/C19H17BrN4O4S/c1-2-9-23-18(26)13-10-12(20)7-8-14(13)22-19(23)29-11-17(25)21-15-5-3-4-6-16(15)24(27)28/h3-8,10H,2,9,11H2,1H3,(H,21,25). The molecule has 1 heterocycles. The molecule has 1 N–H and O–H groups in total. The maximum atomic E-state index is 12.9. The van der Waals surface area contributed by atoms with Gasteiger partial charge in [-0.25, -0.2) is 4.98 Å². The highest BCUT2D eigenvalue weighted by molar-refractivity contribution is 9.10. The molecule has 0 unspecified atom stereocenters. The molecule has 0 aliphatic rings. The van der Waals surface area contributed by atoms with Crippen LogP contribution in [0.25, 0.3) is 10.9 Å². The zero-order valence-corrected chi connectivity index (χ0v) is 17.8. The third kappa shape index (κ3) is 4.83. The number of benzene rings is 2. The highest BCUT2D eigenvalue weighted by atomic mass is 79.9. The molecule has 29 heavy (non-hydrogen) atoms. The summed E-state index contributed by atoms with van der Waals surface area (Å²) in [7, 11) is 0. The van der Waals surface area contributed by atoms with E-state index in [1.165, 1.54) is 18.2 Å². The summed E-state index contributed by atoms with van der Waals surface area (Å²) in [5.74, 6) is -0.456. The maximum absolute atomic E-state index is 12.9. The van der Waals surface area contributed by atoms with Gasteiger partial charge in [-0.3, -0.25) is 24.3 Å². The number of hydrogen-bond acceptors (Lipinski definition) is 6. The van der Waals surface area contributed by atoms with Crippen molar-refractivity contribution in [3.63, 3.8) is 0 Å². The number of nitro groups is 1. The smallest absolute Gasteiger partial charge is 0.292 e. The molecule has 1 aromatic heterocycles. The third-order valence-corrected chi connectivity index (χ3v) is 5.51. The number of aromatic nitrogens is 2. The van der Waals surface area contributed by atoms with Crippen molar-refractivity contribution in [2.24, 2.45) is 0 Å². The first kappa shape index (κ1) is 21.0. The molecule has 10 heteroatoms. The Balaban J connectivity index is 1.84. The van der Waals surface area contributed by atoms with Crippen LogP contribution in [0.3, 0.4) is 0 Å². The summed E-state index contributed by atoms with van der Waals surface area (Å²) in [6.07, 6.45) is 0.733. The average Bonchev–Trinajstić information content (AvgIpc) is 2.69. The van der Waals surface area contributed by atoms with Crippen LogP contribution in [0.2, 0.25) is 0 Å². The van der Waals surface area contributed by atoms with Crippen molar-refractivity contribution in [2.75, 3.05) is 11.1 Å². The van der Waals surface area contributed by atoms with E-state index in [2.05, 4.69) is 26.2 Å². The van der Waals surface area contributed by atoms with Gasteiger partial charge < -0.3 is 5.32 Å². The van der Waals surface area contributed by atoms with Crippen LogP contribution in [0.1, 0.15) is 13.3 Å². The van der Waals surface area contributed by atoms with Gasteiger partial charge in [0.2, 0.25) is 5.91 Å². The molecule has 0 saturated carbocycles. The minimum atomic E-state index is -0.551. The molecule has 0 saturated heterocycles. The molecule has 0 bridgehead atoms. The van der Waals surface area contributed by atoms with Gasteiger partial charge in [0.25, 0.3) is 11.2 Å². The van der Waals surface area contributed by atoms with Crippen molar-refractivity contribution < 1.29 is 9.72 Å². The first-order valence-electron chi connectivity index (χ1n) is 8.77. The van der Waals surface area contributed by atoms with E-state index in [-0.39, 0.29) is 22.7 Å². The van der Waals surface area contributed by atoms with Crippen LogP contribution in [0.15, 0.2) is 56.9 Å². The number of para-hydroxylation sites is 2. The van der Waals surface area contributed by atoms with E-state index in [1.807, 2.05) is 6.92 Å². The fraction of sp³-hybridized carbons (Fsp3) is 0.211. The fourth-order valence-electron chi connectivity index (χ4n) is 2.76.